The summed E-state index contributed by atoms with van der Waals surface area (Å²) in [6, 6.07) is 0. The Balaban J connectivity index is 2.41. The minimum atomic E-state index is -2.91. The van der Waals surface area contributed by atoms with Crippen molar-refractivity contribution in [3.05, 3.63) is 11.9 Å². The van der Waals surface area contributed by atoms with Crippen LogP contribution < -0.4 is 0 Å². The fourth-order valence-corrected chi connectivity index (χ4v) is 3.07. The van der Waals surface area contributed by atoms with Crippen molar-refractivity contribution in [2.24, 2.45) is 0 Å². The Hall–Kier alpha value is -0.0700. The van der Waals surface area contributed by atoms with Crippen molar-refractivity contribution < 1.29 is 9.46 Å². The third kappa shape index (κ3) is 2.46. The van der Waals surface area contributed by atoms with Gasteiger partial charge in [0.05, 0.1) is 0 Å². The molecule has 1 fully saturated rings. The molecule has 1 aliphatic carbocycles. The van der Waals surface area contributed by atoms with E-state index in [9.17, 15) is 9.46 Å². The fraction of sp³-hybridized carbons (Fsp3) is 0.778. The lowest BCUT2D eigenvalue weighted by molar-refractivity contribution is 0.418. The quantitative estimate of drug-likeness (QED) is 0.688. The van der Waals surface area contributed by atoms with Crippen LogP contribution in [0.1, 0.15) is 39.0 Å². The van der Waals surface area contributed by atoms with E-state index in [2.05, 4.69) is 6.92 Å². The first-order valence-electron chi connectivity index (χ1n) is 4.66. The number of allylic oxidation sites excluding steroid dienone is 1. The van der Waals surface area contributed by atoms with Crippen LogP contribution in [0.3, 0.4) is 0 Å². The van der Waals surface area contributed by atoms with Crippen LogP contribution >= 0.6 is 7.37 Å². The zero-order valence-corrected chi connectivity index (χ0v) is 8.46. The number of hydrogen-bond donors (Lipinski definition) is 1. The summed E-state index contributed by atoms with van der Waals surface area (Å²) in [5, 5.41) is 0. The van der Waals surface area contributed by atoms with Crippen LogP contribution in [-0.2, 0) is 4.57 Å². The Kier molecular flexibility index (Phi) is 3.54. The van der Waals surface area contributed by atoms with E-state index < -0.39 is 7.37 Å². The topological polar surface area (TPSA) is 37.3 Å². The monoisotopic (exact) mass is 188 g/mol. The second-order valence-corrected chi connectivity index (χ2v) is 5.80. The molecule has 1 aliphatic rings. The molecular weight excluding hydrogens is 171 g/mol. The zero-order valence-electron chi connectivity index (χ0n) is 7.57. The SMILES string of the molecule is CCCC=CP(=O)(O)C1CCC1. The molecule has 0 heterocycles. The second-order valence-electron chi connectivity index (χ2n) is 3.43. The van der Waals surface area contributed by atoms with Gasteiger partial charge in [-0.3, -0.25) is 4.57 Å². The predicted octanol–water partition coefficient (Wildman–Crippen LogP) is 3.12. The normalized spacial score (nSPS) is 23.8. The molecule has 1 rings (SSSR count). The van der Waals surface area contributed by atoms with Crippen LogP contribution in [0, 0.1) is 0 Å². The molecule has 0 aromatic heterocycles. The Labute approximate surface area is 74.1 Å². The average Bonchev–Trinajstić information content (AvgIpc) is 1.82. The van der Waals surface area contributed by atoms with E-state index in [0.717, 1.165) is 32.1 Å². The molecule has 2 nitrogen and oxygen atoms in total. The van der Waals surface area contributed by atoms with E-state index in [1.165, 1.54) is 0 Å². The molecular formula is C9H17O2P. The van der Waals surface area contributed by atoms with E-state index in [0.29, 0.717) is 0 Å². The Bertz CT molecular complexity index is 207. The largest absolute Gasteiger partial charge is 0.341 e. The molecule has 0 aliphatic heterocycles. The third-order valence-corrected chi connectivity index (χ3v) is 4.57. The molecule has 1 saturated carbocycles. The summed E-state index contributed by atoms with van der Waals surface area (Å²) in [4.78, 5) is 9.53. The van der Waals surface area contributed by atoms with Crippen LogP contribution in [0.2, 0.25) is 0 Å². The maximum Gasteiger partial charge on any atom is 0.225 e. The van der Waals surface area contributed by atoms with Crippen molar-refractivity contribution in [3.8, 4) is 0 Å². The van der Waals surface area contributed by atoms with Crippen LogP contribution in [0.4, 0.5) is 0 Å². The van der Waals surface area contributed by atoms with E-state index in [1.54, 1.807) is 5.82 Å². The van der Waals surface area contributed by atoms with Crippen LogP contribution in [-0.4, -0.2) is 10.6 Å². The van der Waals surface area contributed by atoms with E-state index in [4.69, 9.17) is 0 Å². The summed E-state index contributed by atoms with van der Waals surface area (Å²) < 4.78 is 11.5. The molecule has 3 heteroatoms. The molecule has 0 aromatic rings. The first kappa shape index (κ1) is 10.0. The van der Waals surface area contributed by atoms with E-state index in [1.807, 2.05) is 6.08 Å². The molecule has 1 unspecified atom stereocenters. The Morgan fingerprint density at radius 2 is 2.25 bits per heavy atom. The van der Waals surface area contributed by atoms with Gasteiger partial charge in [0, 0.05) is 5.66 Å². The van der Waals surface area contributed by atoms with Crippen molar-refractivity contribution in [1.82, 2.24) is 0 Å². The van der Waals surface area contributed by atoms with E-state index >= 15 is 0 Å². The van der Waals surface area contributed by atoms with Gasteiger partial charge in [0.1, 0.15) is 0 Å². The van der Waals surface area contributed by atoms with Crippen molar-refractivity contribution in [2.45, 2.75) is 44.7 Å². The summed E-state index contributed by atoms with van der Waals surface area (Å²) in [7, 11) is -2.91. The van der Waals surface area contributed by atoms with Gasteiger partial charge >= 0.3 is 0 Å². The van der Waals surface area contributed by atoms with Gasteiger partial charge in [-0.15, -0.1) is 0 Å². The Morgan fingerprint density at radius 1 is 1.58 bits per heavy atom. The molecule has 0 radical (unpaired) electrons. The fourth-order valence-electron chi connectivity index (χ4n) is 1.27. The van der Waals surface area contributed by atoms with Gasteiger partial charge in [0.15, 0.2) is 0 Å². The van der Waals surface area contributed by atoms with Crippen LogP contribution in [0.5, 0.6) is 0 Å². The van der Waals surface area contributed by atoms with Gasteiger partial charge in [-0.2, -0.15) is 0 Å². The van der Waals surface area contributed by atoms with Crippen molar-refractivity contribution in [3.63, 3.8) is 0 Å². The second kappa shape index (κ2) is 4.25. The van der Waals surface area contributed by atoms with Crippen molar-refractivity contribution in [1.29, 1.82) is 0 Å². The lowest BCUT2D eigenvalue weighted by atomic mass is 10.00. The molecule has 1 atom stereocenters. The molecule has 0 spiro atoms. The van der Waals surface area contributed by atoms with Gasteiger partial charge in [0.25, 0.3) is 0 Å². The van der Waals surface area contributed by atoms with E-state index in [-0.39, 0.29) is 5.66 Å². The molecule has 1 N–H and O–H groups in total. The minimum absolute atomic E-state index is 0.0746. The smallest absolute Gasteiger partial charge is 0.225 e. The summed E-state index contributed by atoms with van der Waals surface area (Å²) in [6.07, 6.45) is 6.79. The lowest BCUT2D eigenvalue weighted by Crippen LogP contribution is -2.16. The Morgan fingerprint density at radius 3 is 2.67 bits per heavy atom. The van der Waals surface area contributed by atoms with Crippen molar-refractivity contribution >= 4 is 7.37 Å². The molecule has 0 saturated heterocycles. The maximum absolute atomic E-state index is 11.5. The highest BCUT2D eigenvalue weighted by Crippen LogP contribution is 2.55. The van der Waals surface area contributed by atoms with Gasteiger partial charge < -0.3 is 4.89 Å². The molecule has 0 amide bonds. The molecule has 0 aromatic carbocycles. The first-order chi connectivity index (χ1) is 5.67. The van der Waals surface area contributed by atoms with Crippen LogP contribution in [0.15, 0.2) is 11.9 Å². The molecule has 12 heavy (non-hydrogen) atoms. The maximum atomic E-state index is 11.5. The first-order valence-corrected chi connectivity index (χ1v) is 6.46. The van der Waals surface area contributed by atoms with Crippen LogP contribution in [0.25, 0.3) is 0 Å². The van der Waals surface area contributed by atoms with Gasteiger partial charge in [-0.05, 0) is 25.1 Å². The third-order valence-electron chi connectivity index (χ3n) is 2.37. The van der Waals surface area contributed by atoms with Gasteiger partial charge in [-0.25, -0.2) is 0 Å². The highest BCUT2D eigenvalue weighted by molar-refractivity contribution is 7.62. The summed E-state index contributed by atoms with van der Waals surface area (Å²) in [5.41, 5.74) is 0.0746. The highest BCUT2D eigenvalue weighted by Gasteiger charge is 2.32. The number of hydrogen-bond acceptors (Lipinski definition) is 1. The van der Waals surface area contributed by atoms with Gasteiger partial charge in [0.2, 0.25) is 7.37 Å². The summed E-state index contributed by atoms with van der Waals surface area (Å²) >= 11 is 0. The predicted molar refractivity (Wildman–Crippen MR) is 51.5 cm³/mol. The molecule has 70 valence electrons. The number of rotatable bonds is 4. The zero-order chi connectivity index (χ0) is 9.03. The van der Waals surface area contributed by atoms with Crippen molar-refractivity contribution in [2.75, 3.05) is 0 Å². The minimum Gasteiger partial charge on any atom is -0.341 e. The number of unbranched alkanes of at least 4 members (excludes halogenated alkanes) is 1. The molecule has 0 bridgehead atoms. The summed E-state index contributed by atoms with van der Waals surface area (Å²) in [6.45, 7) is 2.07. The lowest BCUT2D eigenvalue weighted by Gasteiger charge is -2.27. The average molecular weight is 188 g/mol. The standard InChI is InChI=1S/C9H17O2P/c1-2-3-4-8-12(10,11)9-6-5-7-9/h4,8-9H,2-3,5-7H2,1H3,(H,10,11). The summed E-state index contributed by atoms with van der Waals surface area (Å²) in [5.74, 6) is 1.54. The van der Waals surface area contributed by atoms with Gasteiger partial charge in [-0.1, -0.05) is 25.8 Å². The highest BCUT2D eigenvalue weighted by atomic mass is 31.2.